The first-order valence-electron chi connectivity index (χ1n) is 6.84. The van der Waals surface area contributed by atoms with E-state index in [1.54, 1.807) is 7.05 Å². The zero-order chi connectivity index (χ0) is 15.4. The predicted molar refractivity (Wildman–Crippen MR) is 90.3 cm³/mol. The van der Waals surface area contributed by atoms with E-state index in [1.807, 2.05) is 0 Å². The van der Waals surface area contributed by atoms with Crippen LogP contribution in [0.4, 0.5) is 13.2 Å². The highest BCUT2D eigenvalue weighted by Gasteiger charge is 2.31. The maximum absolute atomic E-state index is 12.2. The van der Waals surface area contributed by atoms with Gasteiger partial charge < -0.3 is 10.2 Å². The molecule has 0 radical (unpaired) electrons. The fraction of sp³-hybridized carbons (Fsp3) is 0.923. The van der Waals surface area contributed by atoms with Crippen molar-refractivity contribution in [2.75, 3.05) is 46.8 Å². The van der Waals surface area contributed by atoms with Gasteiger partial charge in [-0.1, -0.05) is 13.8 Å². The van der Waals surface area contributed by atoms with E-state index in [-0.39, 0.29) is 29.4 Å². The van der Waals surface area contributed by atoms with Gasteiger partial charge >= 0.3 is 6.18 Å². The fourth-order valence-corrected chi connectivity index (χ4v) is 2.37. The Labute approximate surface area is 142 Å². The van der Waals surface area contributed by atoms with E-state index in [0.29, 0.717) is 13.1 Å². The van der Waals surface area contributed by atoms with Crippen molar-refractivity contribution in [3.8, 4) is 0 Å². The van der Waals surface area contributed by atoms with Crippen molar-refractivity contribution in [3.05, 3.63) is 0 Å². The van der Waals surface area contributed by atoms with Crippen molar-refractivity contribution < 1.29 is 13.2 Å². The van der Waals surface area contributed by atoms with Gasteiger partial charge in [-0.25, -0.2) is 0 Å². The first kappa shape index (κ1) is 20.8. The minimum absolute atomic E-state index is 0. The summed E-state index contributed by atoms with van der Waals surface area (Å²) in [6.45, 7) is 6.17. The van der Waals surface area contributed by atoms with Crippen LogP contribution in [0.3, 0.4) is 0 Å². The molecule has 1 heterocycles. The van der Waals surface area contributed by atoms with E-state index < -0.39 is 12.7 Å². The van der Waals surface area contributed by atoms with E-state index in [2.05, 4.69) is 29.1 Å². The number of guanidine groups is 1. The number of alkyl halides is 3. The maximum atomic E-state index is 12.2. The second kappa shape index (κ2) is 8.40. The normalized spacial score (nSPS) is 18.9. The van der Waals surface area contributed by atoms with Gasteiger partial charge in [-0.3, -0.25) is 9.89 Å². The van der Waals surface area contributed by atoms with Crippen molar-refractivity contribution in [2.45, 2.75) is 26.4 Å². The Balaban J connectivity index is 0.00000400. The minimum Gasteiger partial charge on any atom is -0.355 e. The van der Waals surface area contributed by atoms with E-state index in [4.69, 9.17) is 0 Å². The third kappa shape index (κ3) is 8.08. The number of hydrogen-bond donors (Lipinski definition) is 1. The standard InChI is InChI=1S/C13H25F3N4.HI/c1-12(2)5-7-20(9-12)11(17-3)18-6-8-19(4)10-13(14,15)16;/h5-10H2,1-4H3,(H,17,18);1H. The fourth-order valence-electron chi connectivity index (χ4n) is 2.37. The molecule has 0 amide bonds. The highest BCUT2D eigenvalue weighted by Crippen LogP contribution is 2.28. The monoisotopic (exact) mass is 422 g/mol. The lowest BCUT2D eigenvalue weighted by molar-refractivity contribution is -0.142. The van der Waals surface area contributed by atoms with Crippen LogP contribution in [-0.2, 0) is 0 Å². The maximum Gasteiger partial charge on any atom is 0.401 e. The molecule has 0 unspecified atom stereocenters. The molecule has 0 spiro atoms. The summed E-state index contributed by atoms with van der Waals surface area (Å²) >= 11 is 0. The summed E-state index contributed by atoms with van der Waals surface area (Å²) in [5, 5.41) is 3.13. The molecule has 0 saturated carbocycles. The molecule has 1 rings (SSSR count). The Morgan fingerprint density at radius 2 is 2.00 bits per heavy atom. The van der Waals surface area contributed by atoms with E-state index in [9.17, 15) is 13.2 Å². The highest BCUT2D eigenvalue weighted by molar-refractivity contribution is 14.0. The Bertz CT molecular complexity index is 345. The summed E-state index contributed by atoms with van der Waals surface area (Å²) < 4.78 is 36.6. The zero-order valence-electron chi connectivity index (χ0n) is 13.1. The van der Waals surface area contributed by atoms with E-state index in [0.717, 1.165) is 25.5 Å². The first-order valence-corrected chi connectivity index (χ1v) is 6.84. The number of aliphatic imine (C=N–C) groups is 1. The van der Waals surface area contributed by atoms with Crippen LogP contribution in [0.5, 0.6) is 0 Å². The zero-order valence-corrected chi connectivity index (χ0v) is 15.5. The second-order valence-electron chi connectivity index (χ2n) is 6.16. The molecule has 21 heavy (non-hydrogen) atoms. The van der Waals surface area contributed by atoms with Crippen molar-refractivity contribution in [3.63, 3.8) is 0 Å². The number of nitrogens with one attached hydrogen (secondary N) is 1. The Hall–Kier alpha value is -0.250. The lowest BCUT2D eigenvalue weighted by Crippen LogP contribution is -2.44. The quantitative estimate of drug-likeness (QED) is 0.429. The van der Waals surface area contributed by atoms with Crippen molar-refractivity contribution >= 4 is 29.9 Å². The number of rotatable bonds is 4. The molecule has 0 bridgehead atoms. The average Bonchev–Trinajstić information content (AvgIpc) is 2.62. The molecule has 1 N–H and O–H groups in total. The van der Waals surface area contributed by atoms with Gasteiger partial charge in [0, 0.05) is 33.2 Å². The first-order chi connectivity index (χ1) is 9.13. The van der Waals surface area contributed by atoms with E-state index >= 15 is 0 Å². The molecule has 126 valence electrons. The Kier molecular flexibility index (Phi) is 8.30. The Morgan fingerprint density at radius 1 is 1.38 bits per heavy atom. The molecule has 8 heteroatoms. The molecule has 0 aromatic rings. The van der Waals surface area contributed by atoms with Crippen LogP contribution in [0.25, 0.3) is 0 Å². The summed E-state index contributed by atoms with van der Waals surface area (Å²) in [4.78, 5) is 7.61. The molecule has 1 saturated heterocycles. The Morgan fingerprint density at radius 3 is 2.43 bits per heavy atom. The molecular weight excluding hydrogens is 396 g/mol. The smallest absolute Gasteiger partial charge is 0.355 e. The summed E-state index contributed by atoms with van der Waals surface area (Å²) in [7, 11) is 3.17. The highest BCUT2D eigenvalue weighted by atomic mass is 127. The minimum atomic E-state index is -4.14. The van der Waals surface area contributed by atoms with Crippen LogP contribution >= 0.6 is 24.0 Å². The van der Waals surface area contributed by atoms with Gasteiger partial charge in [0.15, 0.2) is 5.96 Å². The molecule has 1 aliphatic rings. The molecule has 0 aromatic carbocycles. The van der Waals surface area contributed by atoms with Crippen LogP contribution in [0.15, 0.2) is 4.99 Å². The molecule has 4 nitrogen and oxygen atoms in total. The summed E-state index contributed by atoms with van der Waals surface area (Å²) in [6, 6.07) is 0. The van der Waals surface area contributed by atoms with Crippen molar-refractivity contribution in [1.82, 2.24) is 15.1 Å². The van der Waals surface area contributed by atoms with Crippen LogP contribution in [0.2, 0.25) is 0 Å². The summed E-state index contributed by atoms with van der Waals surface area (Å²) in [5.74, 6) is 0.774. The number of likely N-dealkylation sites (N-methyl/N-ethyl adjacent to an activating group) is 1. The van der Waals surface area contributed by atoms with Crippen LogP contribution in [0, 0.1) is 5.41 Å². The van der Waals surface area contributed by atoms with Crippen LogP contribution < -0.4 is 5.32 Å². The van der Waals surface area contributed by atoms with Gasteiger partial charge in [0.05, 0.1) is 6.54 Å². The van der Waals surface area contributed by atoms with Gasteiger partial charge in [0.1, 0.15) is 0 Å². The third-order valence-corrected chi connectivity index (χ3v) is 3.41. The van der Waals surface area contributed by atoms with Gasteiger partial charge in [-0.2, -0.15) is 13.2 Å². The number of halogens is 4. The van der Waals surface area contributed by atoms with Gasteiger partial charge in [0.2, 0.25) is 0 Å². The topological polar surface area (TPSA) is 30.9 Å². The number of likely N-dealkylation sites (tertiary alicyclic amines) is 1. The summed E-state index contributed by atoms with van der Waals surface area (Å²) in [5.41, 5.74) is 0.269. The molecule has 1 aliphatic heterocycles. The largest absolute Gasteiger partial charge is 0.401 e. The lowest BCUT2D eigenvalue weighted by Gasteiger charge is -2.25. The summed E-state index contributed by atoms with van der Waals surface area (Å²) in [6.07, 6.45) is -3.04. The van der Waals surface area contributed by atoms with Crippen LogP contribution in [-0.4, -0.2) is 68.8 Å². The third-order valence-electron chi connectivity index (χ3n) is 3.41. The second-order valence-corrected chi connectivity index (χ2v) is 6.16. The SMILES string of the molecule is CN=C(NCCN(C)CC(F)(F)F)N1CCC(C)(C)C1.I. The van der Waals surface area contributed by atoms with Crippen molar-refractivity contribution in [2.24, 2.45) is 10.4 Å². The molecular formula is C13H26F3IN4. The molecule has 0 atom stereocenters. The van der Waals surface area contributed by atoms with Gasteiger partial charge in [0.25, 0.3) is 0 Å². The lowest BCUT2D eigenvalue weighted by atomic mass is 9.93. The predicted octanol–water partition coefficient (Wildman–Crippen LogP) is 2.41. The molecule has 0 aromatic heterocycles. The average molecular weight is 422 g/mol. The van der Waals surface area contributed by atoms with Gasteiger partial charge in [-0.05, 0) is 18.9 Å². The van der Waals surface area contributed by atoms with Crippen LogP contribution in [0.1, 0.15) is 20.3 Å². The number of hydrogen-bond acceptors (Lipinski definition) is 2. The van der Waals surface area contributed by atoms with Crippen molar-refractivity contribution in [1.29, 1.82) is 0 Å². The molecule has 1 fully saturated rings. The van der Waals surface area contributed by atoms with Gasteiger partial charge in [-0.15, -0.1) is 24.0 Å². The van der Waals surface area contributed by atoms with E-state index in [1.165, 1.54) is 11.9 Å². The molecule has 0 aliphatic carbocycles. The number of nitrogens with zero attached hydrogens (tertiary/aromatic N) is 3.